The third kappa shape index (κ3) is 4.76. The molecule has 7 heteroatoms. The fraction of sp³-hybridized carbons (Fsp3) is 0.333. The van der Waals surface area contributed by atoms with E-state index in [1.807, 2.05) is 0 Å². The number of hydroxylamine groups is 2. The van der Waals surface area contributed by atoms with Crippen LogP contribution in [0.5, 0.6) is 0 Å². The Balaban J connectivity index is 2.59. The van der Waals surface area contributed by atoms with Gasteiger partial charge in [-0.15, -0.1) is 0 Å². The van der Waals surface area contributed by atoms with Crippen LogP contribution in [0.3, 0.4) is 0 Å². The van der Waals surface area contributed by atoms with Gasteiger partial charge < -0.3 is 10.2 Å². The van der Waals surface area contributed by atoms with Crippen LogP contribution in [0.2, 0.25) is 5.02 Å². The first-order chi connectivity index (χ1) is 8.93. The van der Waals surface area contributed by atoms with Gasteiger partial charge in [-0.3, -0.25) is 10.0 Å². The highest BCUT2D eigenvalue weighted by molar-refractivity contribution is 6.30. The van der Waals surface area contributed by atoms with E-state index >= 15 is 0 Å². The van der Waals surface area contributed by atoms with Crippen molar-refractivity contribution in [2.24, 2.45) is 0 Å². The zero-order valence-electron chi connectivity index (χ0n) is 10.8. The average molecular weight is 286 g/mol. The number of rotatable bonds is 4. The van der Waals surface area contributed by atoms with Crippen LogP contribution in [0, 0.1) is 0 Å². The van der Waals surface area contributed by atoms with Crippen molar-refractivity contribution in [3.63, 3.8) is 0 Å². The lowest BCUT2D eigenvalue weighted by Crippen LogP contribution is -2.43. The molecule has 3 amide bonds. The van der Waals surface area contributed by atoms with E-state index in [1.165, 1.54) is 14.1 Å². The topological polar surface area (TPSA) is 72.9 Å². The van der Waals surface area contributed by atoms with Gasteiger partial charge in [-0.25, -0.2) is 9.86 Å². The molecular formula is C12H16ClN3O3. The molecule has 6 nitrogen and oxygen atoms in total. The zero-order chi connectivity index (χ0) is 14.4. The number of hydrogen-bond donors (Lipinski definition) is 2. The number of amides is 3. The number of urea groups is 1. The molecule has 0 aliphatic heterocycles. The normalized spacial score (nSPS) is 9.89. The second kappa shape index (κ2) is 6.96. The molecule has 1 rings (SSSR count). The molecule has 19 heavy (non-hydrogen) atoms. The molecule has 0 saturated heterocycles. The van der Waals surface area contributed by atoms with Crippen molar-refractivity contribution < 1.29 is 14.8 Å². The predicted octanol–water partition coefficient (Wildman–Crippen LogP) is 1.33. The van der Waals surface area contributed by atoms with Gasteiger partial charge in [0.05, 0.1) is 6.54 Å². The lowest BCUT2D eigenvalue weighted by atomic mass is 10.2. The standard InChI is InChI=1S/C12H16ClN3O3/c1-14-11(17)8-15(2)12(18)16(19)7-9-4-3-5-10(13)6-9/h3-6,19H,7-8H2,1-2H3,(H,14,17). The summed E-state index contributed by atoms with van der Waals surface area (Å²) in [5.74, 6) is -0.313. The van der Waals surface area contributed by atoms with E-state index in [4.69, 9.17) is 11.6 Å². The Morgan fingerprint density at radius 3 is 2.68 bits per heavy atom. The summed E-state index contributed by atoms with van der Waals surface area (Å²) in [7, 11) is 2.90. The number of benzene rings is 1. The van der Waals surface area contributed by atoms with E-state index in [-0.39, 0.29) is 19.0 Å². The van der Waals surface area contributed by atoms with Gasteiger partial charge in [-0.1, -0.05) is 23.7 Å². The molecule has 0 atom stereocenters. The molecule has 0 spiro atoms. The quantitative estimate of drug-likeness (QED) is 0.647. The van der Waals surface area contributed by atoms with Gasteiger partial charge in [0.25, 0.3) is 0 Å². The van der Waals surface area contributed by atoms with Crippen LogP contribution in [0.25, 0.3) is 0 Å². The number of hydrogen-bond acceptors (Lipinski definition) is 3. The van der Waals surface area contributed by atoms with Gasteiger partial charge in [0.1, 0.15) is 6.54 Å². The summed E-state index contributed by atoms with van der Waals surface area (Å²) in [6.07, 6.45) is 0. The van der Waals surface area contributed by atoms with Gasteiger partial charge in [0.15, 0.2) is 0 Å². The summed E-state index contributed by atoms with van der Waals surface area (Å²) in [5.41, 5.74) is 0.691. The Morgan fingerprint density at radius 1 is 1.42 bits per heavy atom. The number of carbonyl (C=O) groups excluding carboxylic acids is 2. The summed E-state index contributed by atoms with van der Waals surface area (Å²) in [6, 6.07) is 6.15. The molecule has 104 valence electrons. The molecule has 0 aliphatic rings. The third-order valence-electron chi connectivity index (χ3n) is 2.43. The SMILES string of the molecule is CNC(=O)CN(C)C(=O)N(O)Cc1cccc(Cl)c1. The molecule has 0 bridgehead atoms. The van der Waals surface area contributed by atoms with Crippen LogP contribution in [-0.4, -0.2) is 47.7 Å². The molecular weight excluding hydrogens is 270 g/mol. The molecule has 0 radical (unpaired) electrons. The molecule has 0 fully saturated rings. The van der Waals surface area contributed by atoms with Crippen LogP contribution in [0.15, 0.2) is 24.3 Å². The van der Waals surface area contributed by atoms with Crippen molar-refractivity contribution in [2.45, 2.75) is 6.54 Å². The predicted molar refractivity (Wildman–Crippen MR) is 70.9 cm³/mol. The number of nitrogens with one attached hydrogen (secondary N) is 1. The maximum Gasteiger partial charge on any atom is 0.344 e. The first-order valence-corrected chi connectivity index (χ1v) is 5.98. The fourth-order valence-corrected chi connectivity index (χ4v) is 1.65. The van der Waals surface area contributed by atoms with Crippen molar-refractivity contribution in [3.05, 3.63) is 34.9 Å². The van der Waals surface area contributed by atoms with E-state index < -0.39 is 6.03 Å². The molecule has 0 aromatic heterocycles. The minimum atomic E-state index is -0.663. The fourth-order valence-electron chi connectivity index (χ4n) is 1.44. The number of halogens is 1. The second-order valence-electron chi connectivity index (χ2n) is 4.00. The first kappa shape index (κ1) is 15.3. The summed E-state index contributed by atoms with van der Waals surface area (Å²) in [6.45, 7) is -0.126. The van der Waals surface area contributed by atoms with E-state index in [2.05, 4.69) is 5.32 Å². The van der Waals surface area contributed by atoms with E-state index in [0.29, 0.717) is 15.6 Å². The van der Waals surface area contributed by atoms with Crippen molar-refractivity contribution in [3.8, 4) is 0 Å². The molecule has 0 unspecified atom stereocenters. The summed E-state index contributed by atoms with van der Waals surface area (Å²) >= 11 is 5.81. The Bertz CT molecular complexity index is 467. The Kier molecular flexibility index (Phi) is 5.59. The van der Waals surface area contributed by atoms with Gasteiger partial charge >= 0.3 is 6.03 Å². The highest BCUT2D eigenvalue weighted by Gasteiger charge is 2.18. The van der Waals surface area contributed by atoms with Crippen LogP contribution in [-0.2, 0) is 11.3 Å². The molecule has 1 aromatic carbocycles. The molecule has 0 saturated carbocycles. The van der Waals surface area contributed by atoms with Crippen LogP contribution >= 0.6 is 11.6 Å². The van der Waals surface area contributed by atoms with Gasteiger partial charge in [0.2, 0.25) is 5.91 Å². The first-order valence-electron chi connectivity index (χ1n) is 5.60. The van der Waals surface area contributed by atoms with Crippen LogP contribution in [0.4, 0.5) is 4.79 Å². The minimum Gasteiger partial charge on any atom is -0.358 e. The van der Waals surface area contributed by atoms with Crippen LogP contribution < -0.4 is 5.32 Å². The van der Waals surface area contributed by atoms with Gasteiger partial charge in [0, 0.05) is 19.1 Å². The molecule has 0 aliphatic carbocycles. The minimum absolute atomic E-state index is 0.00250. The Morgan fingerprint density at radius 2 is 2.11 bits per heavy atom. The number of nitrogens with zero attached hydrogens (tertiary/aromatic N) is 2. The van der Waals surface area contributed by atoms with E-state index in [0.717, 1.165) is 4.90 Å². The Hall–Kier alpha value is -1.79. The highest BCUT2D eigenvalue weighted by atomic mass is 35.5. The monoisotopic (exact) mass is 285 g/mol. The van der Waals surface area contributed by atoms with Crippen molar-refractivity contribution in [1.82, 2.24) is 15.3 Å². The Labute approximate surface area is 116 Å². The lowest BCUT2D eigenvalue weighted by Gasteiger charge is -2.22. The zero-order valence-corrected chi connectivity index (χ0v) is 11.5. The molecule has 2 N–H and O–H groups in total. The lowest BCUT2D eigenvalue weighted by molar-refractivity contribution is -0.121. The smallest absolute Gasteiger partial charge is 0.344 e. The highest BCUT2D eigenvalue weighted by Crippen LogP contribution is 2.12. The summed E-state index contributed by atoms with van der Waals surface area (Å²) in [4.78, 5) is 24.0. The largest absolute Gasteiger partial charge is 0.358 e. The maximum absolute atomic E-state index is 11.8. The average Bonchev–Trinajstić information content (AvgIpc) is 2.37. The summed E-state index contributed by atoms with van der Waals surface area (Å²) in [5, 5.41) is 13.1. The summed E-state index contributed by atoms with van der Waals surface area (Å²) < 4.78 is 0. The van der Waals surface area contributed by atoms with Crippen molar-refractivity contribution in [1.29, 1.82) is 0 Å². The maximum atomic E-state index is 11.8. The third-order valence-corrected chi connectivity index (χ3v) is 2.66. The van der Waals surface area contributed by atoms with Crippen molar-refractivity contribution in [2.75, 3.05) is 20.6 Å². The molecule has 0 heterocycles. The second-order valence-corrected chi connectivity index (χ2v) is 4.44. The van der Waals surface area contributed by atoms with Crippen LogP contribution in [0.1, 0.15) is 5.56 Å². The van der Waals surface area contributed by atoms with E-state index in [1.54, 1.807) is 24.3 Å². The van der Waals surface area contributed by atoms with E-state index in [9.17, 15) is 14.8 Å². The van der Waals surface area contributed by atoms with Gasteiger partial charge in [-0.2, -0.15) is 0 Å². The van der Waals surface area contributed by atoms with Gasteiger partial charge in [-0.05, 0) is 17.7 Å². The molecule has 1 aromatic rings. The number of likely N-dealkylation sites (N-methyl/N-ethyl adjacent to an activating group) is 2. The van der Waals surface area contributed by atoms with Crippen molar-refractivity contribution >= 4 is 23.5 Å². The number of carbonyl (C=O) groups is 2.